The van der Waals surface area contributed by atoms with Crippen molar-refractivity contribution in [3.8, 4) is 0 Å². The molecule has 0 saturated heterocycles. The molecule has 0 radical (unpaired) electrons. The first-order valence-electron chi connectivity index (χ1n) is 7.90. The van der Waals surface area contributed by atoms with E-state index in [1.165, 1.54) is 11.1 Å². The molecule has 1 aliphatic carbocycles. The Kier molecular flexibility index (Phi) is 5.64. The van der Waals surface area contributed by atoms with Crippen LogP contribution in [-0.4, -0.2) is 15.9 Å². The average molecular weight is 297 g/mol. The van der Waals surface area contributed by atoms with Crippen molar-refractivity contribution in [3.63, 3.8) is 0 Å². The van der Waals surface area contributed by atoms with Crippen molar-refractivity contribution in [1.29, 1.82) is 0 Å². The van der Waals surface area contributed by atoms with Gasteiger partial charge in [0.1, 0.15) is 0 Å². The van der Waals surface area contributed by atoms with Gasteiger partial charge in [-0.1, -0.05) is 19.9 Å². The third kappa shape index (κ3) is 3.70. The number of nitrogens with one attached hydrogen (secondary N) is 1. The van der Waals surface area contributed by atoms with Gasteiger partial charge in [-0.2, -0.15) is 0 Å². The summed E-state index contributed by atoms with van der Waals surface area (Å²) in [6.07, 6.45) is 8.18. The molecule has 1 atom stereocenters. The minimum absolute atomic E-state index is 0.00653. The molecule has 0 fully saturated rings. The Hall–Kier alpha value is -2.23. The van der Waals surface area contributed by atoms with Gasteiger partial charge in [-0.05, 0) is 49.4 Å². The van der Waals surface area contributed by atoms with Crippen molar-refractivity contribution < 1.29 is 4.79 Å². The van der Waals surface area contributed by atoms with Crippen molar-refractivity contribution in [2.24, 2.45) is 0 Å². The number of fused-ring (bicyclic) bond motifs is 1. The van der Waals surface area contributed by atoms with Gasteiger partial charge in [0.25, 0.3) is 5.91 Å². The largest absolute Gasteiger partial charge is 0.344 e. The van der Waals surface area contributed by atoms with Gasteiger partial charge >= 0.3 is 0 Å². The molecule has 0 aliphatic heterocycles. The Morgan fingerprint density at radius 1 is 1.32 bits per heavy atom. The summed E-state index contributed by atoms with van der Waals surface area (Å²) < 4.78 is 0. The predicted octanol–water partition coefficient (Wildman–Crippen LogP) is 3.62. The summed E-state index contributed by atoms with van der Waals surface area (Å²) in [7, 11) is 0. The third-order valence-electron chi connectivity index (χ3n) is 3.64. The summed E-state index contributed by atoms with van der Waals surface area (Å²) in [6.45, 7) is 6.05. The van der Waals surface area contributed by atoms with E-state index < -0.39 is 0 Å². The van der Waals surface area contributed by atoms with Gasteiger partial charge < -0.3 is 5.32 Å². The first kappa shape index (κ1) is 16.1. The van der Waals surface area contributed by atoms with E-state index in [-0.39, 0.29) is 11.9 Å². The lowest BCUT2D eigenvalue weighted by molar-refractivity contribution is 0.0931. The van der Waals surface area contributed by atoms with Crippen LogP contribution < -0.4 is 5.32 Å². The van der Waals surface area contributed by atoms with E-state index >= 15 is 0 Å². The molecule has 116 valence electrons. The van der Waals surface area contributed by atoms with Crippen LogP contribution in [0.15, 0.2) is 36.8 Å². The first-order valence-corrected chi connectivity index (χ1v) is 7.90. The third-order valence-corrected chi connectivity index (χ3v) is 3.64. The molecule has 4 nitrogen and oxygen atoms in total. The summed E-state index contributed by atoms with van der Waals surface area (Å²) in [5.41, 5.74) is 4.03. The lowest BCUT2D eigenvalue weighted by Gasteiger charge is -2.25. The Bertz CT molecular complexity index is 625. The molecular formula is C18H23N3O. The highest BCUT2D eigenvalue weighted by Gasteiger charge is 2.23. The number of pyridine rings is 2. The van der Waals surface area contributed by atoms with Crippen molar-refractivity contribution in [2.75, 3.05) is 0 Å². The van der Waals surface area contributed by atoms with Crippen LogP contribution in [0.25, 0.3) is 0 Å². The number of aromatic nitrogens is 2. The number of hydrogen-bond acceptors (Lipinski definition) is 3. The molecule has 4 heteroatoms. The van der Waals surface area contributed by atoms with E-state index in [4.69, 9.17) is 0 Å². The van der Waals surface area contributed by atoms with Crippen LogP contribution in [-0.2, 0) is 6.42 Å². The molecule has 1 unspecified atom stereocenters. The number of carbonyl (C=O) groups excluding carboxylic acids is 1. The monoisotopic (exact) mass is 297 g/mol. The SMILES string of the molecule is CC.Cc1cnc2c(c1)CCCC2NC(=O)c1cccnc1. The van der Waals surface area contributed by atoms with Gasteiger partial charge in [0.15, 0.2) is 0 Å². The summed E-state index contributed by atoms with van der Waals surface area (Å²) in [6, 6.07) is 5.72. The number of hydrogen-bond donors (Lipinski definition) is 1. The molecular weight excluding hydrogens is 274 g/mol. The van der Waals surface area contributed by atoms with Crippen LogP contribution in [0, 0.1) is 6.92 Å². The van der Waals surface area contributed by atoms with E-state index in [0.717, 1.165) is 25.0 Å². The van der Waals surface area contributed by atoms with Gasteiger partial charge in [-0.3, -0.25) is 14.8 Å². The Labute approximate surface area is 132 Å². The number of rotatable bonds is 2. The minimum Gasteiger partial charge on any atom is -0.344 e. The molecule has 1 amide bonds. The number of amides is 1. The quantitative estimate of drug-likeness (QED) is 0.921. The normalized spacial score (nSPS) is 16.0. The lowest BCUT2D eigenvalue weighted by atomic mass is 9.91. The molecule has 2 aromatic heterocycles. The van der Waals surface area contributed by atoms with Gasteiger partial charge in [-0.25, -0.2) is 0 Å². The molecule has 2 aromatic rings. The van der Waals surface area contributed by atoms with Gasteiger partial charge in [-0.15, -0.1) is 0 Å². The maximum atomic E-state index is 12.2. The highest BCUT2D eigenvalue weighted by Crippen LogP contribution is 2.28. The summed E-state index contributed by atoms with van der Waals surface area (Å²) >= 11 is 0. The molecule has 0 bridgehead atoms. The fraction of sp³-hybridized carbons (Fsp3) is 0.389. The van der Waals surface area contributed by atoms with Crippen molar-refractivity contribution in [3.05, 3.63) is 59.2 Å². The van der Waals surface area contributed by atoms with E-state index in [9.17, 15) is 4.79 Å². The van der Waals surface area contributed by atoms with E-state index in [1.54, 1.807) is 24.5 Å². The molecule has 0 saturated carbocycles. The fourth-order valence-electron chi connectivity index (χ4n) is 2.67. The standard InChI is InChI=1S/C16H17N3O.C2H6/c1-11-8-12-4-2-6-14(15(12)18-9-11)19-16(20)13-5-3-7-17-10-13;1-2/h3,5,7-10,14H,2,4,6H2,1H3,(H,19,20);1-2H3. The molecule has 3 rings (SSSR count). The molecule has 2 heterocycles. The Morgan fingerprint density at radius 2 is 2.14 bits per heavy atom. The molecule has 1 aliphatic rings. The van der Waals surface area contributed by atoms with Crippen molar-refractivity contribution in [2.45, 2.75) is 46.1 Å². The maximum absolute atomic E-state index is 12.2. The topological polar surface area (TPSA) is 54.9 Å². The van der Waals surface area contributed by atoms with Crippen molar-refractivity contribution >= 4 is 5.91 Å². The highest BCUT2D eigenvalue weighted by atomic mass is 16.1. The van der Waals surface area contributed by atoms with Crippen LogP contribution in [0.1, 0.15) is 59.9 Å². The van der Waals surface area contributed by atoms with Gasteiger partial charge in [0, 0.05) is 18.6 Å². The first-order chi connectivity index (χ1) is 10.7. The lowest BCUT2D eigenvalue weighted by Crippen LogP contribution is -2.31. The second-order valence-corrected chi connectivity index (χ2v) is 5.22. The smallest absolute Gasteiger partial charge is 0.253 e. The average Bonchev–Trinajstić information content (AvgIpc) is 2.57. The zero-order valence-electron chi connectivity index (χ0n) is 13.5. The molecule has 0 spiro atoms. The van der Waals surface area contributed by atoms with Crippen LogP contribution in [0.2, 0.25) is 0 Å². The van der Waals surface area contributed by atoms with Crippen LogP contribution in [0.5, 0.6) is 0 Å². The van der Waals surface area contributed by atoms with Gasteiger partial charge in [0.2, 0.25) is 0 Å². The highest BCUT2D eigenvalue weighted by molar-refractivity contribution is 5.94. The predicted molar refractivity (Wildman–Crippen MR) is 87.7 cm³/mol. The maximum Gasteiger partial charge on any atom is 0.253 e. The summed E-state index contributed by atoms with van der Waals surface area (Å²) in [5, 5.41) is 3.07. The number of carbonyl (C=O) groups is 1. The fourth-order valence-corrected chi connectivity index (χ4v) is 2.67. The Balaban J connectivity index is 0.000000847. The van der Waals surface area contributed by atoms with E-state index in [1.807, 2.05) is 27.0 Å². The summed E-state index contributed by atoms with van der Waals surface area (Å²) in [5.74, 6) is -0.0849. The van der Waals surface area contributed by atoms with E-state index in [0.29, 0.717) is 5.56 Å². The summed E-state index contributed by atoms with van der Waals surface area (Å²) in [4.78, 5) is 20.7. The van der Waals surface area contributed by atoms with Crippen LogP contribution in [0.4, 0.5) is 0 Å². The minimum atomic E-state index is -0.0849. The zero-order valence-corrected chi connectivity index (χ0v) is 13.5. The zero-order chi connectivity index (χ0) is 15.9. The Morgan fingerprint density at radius 3 is 2.86 bits per heavy atom. The van der Waals surface area contributed by atoms with Crippen LogP contribution >= 0.6 is 0 Å². The van der Waals surface area contributed by atoms with E-state index in [2.05, 4.69) is 21.4 Å². The van der Waals surface area contributed by atoms with Crippen LogP contribution in [0.3, 0.4) is 0 Å². The van der Waals surface area contributed by atoms with Gasteiger partial charge in [0.05, 0.1) is 17.3 Å². The number of nitrogens with zero attached hydrogens (tertiary/aromatic N) is 2. The van der Waals surface area contributed by atoms with Crippen molar-refractivity contribution in [1.82, 2.24) is 15.3 Å². The number of aryl methyl sites for hydroxylation is 2. The molecule has 1 N–H and O–H groups in total. The second kappa shape index (κ2) is 7.69. The molecule has 0 aromatic carbocycles. The molecule has 22 heavy (non-hydrogen) atoms. The second-order valence-electron chi connectivity index (χ2n) is 5.22.